The number of hydrogen-bond acceptors (Lipinski definition) is 6. The van der Waals surface area contributed by atoms with Crippen molar-refractivity contribution >= 4 is 0 Å². The van der Waals surface area contributed by atoms with Crippen LogP contribution < -0.4 is 17.1 Å². The fourth-order valence-electron chi connectivity index (χ4n) is 7.83. The van der Waals surface area contributed by atoms with Crippen LogP contribution in [0.5, 0.6) is 17.2 Å². The van der Waals surface area contributed by atoms with Gasteiger partial charge in [-0.3, -0.25) is 0 Å². The first-order valence-electron chi connectivity index (χ1n) is 21.8. The minimum Gasteiger partial charge on any atom is -0.507 e. The SMILES string of the molecule is CCC(C)(C)c1cc(Cn2c(=O)n(Cc3cc(C(C)(C)C)c(O)c(C(C)(C)CC)c3)c(=O)n(Cc3cc(C(C)(C)C)c(O)c(C(C)(C)CC)c3)c2=O)cc(C(C)(C)C)c1O. The molecule has 9 heteroatoms. The van der Waals surface area contributed by atoms with E-state index in [0.29, 0.717) is 33.4 Å². The van der Waals surface area contributed by atoms with Gasteiger partial charge in [-0.2, -0.15) is 0 Å². The van der Waals surface area contributed by atoms with Crippen molar-refractivity contribution in [1.82, 2.24) is 13.7 Å². The Morgan fingerprint density at radius 1 is 0.367 bits per heavy atom. The molecule has 0 aliphatic heterocycles. The highest BCUT2D eigenvalue weighted by Crippen LogP contribution is 2.44. The van der Waals surface area contributed by atoms with Gasteiger partial charge in [0.25, 0.3) is 0 Å². The summed E-state index contributed by atoms with van der Waals surface area (Å²) in [6, 6.07) is 11.2. The molecule has 3 aromatic carbocycles. The first-order valence-corrected chi connectivity index (χ1v) is 21.8. The summed E-state index contributed by atoms with van der Waals surface area (Å²) in [6.07, 6.45) is 2.22. The molecule has 0 fully saturated rings. The maximum atomic E-state index is 14.8. The standard InChI is InChI=1S/C51H75N3O6/c1-19-49(13,14)37-25-31(22-34(40(37)55)46(4,5)6)28-52-43(58)53(29-32-23-35(47(7,8)9)41(56)38(26-32)50(15,16)20-2)45(60)54(44(52)59)30-33-24-36(48(10,11)12)42(57)39(27-33)51(17,18)21-3/h22-27,55-57H,19-21,28-30H2,1-18H3. The summed E-state index contributed by atoms with van der Waals surface area (Å²) >= 11 is 0. The Hall–Kier alpha value is -4.53. The molecule has 0 radical (unpaired) electrons. The maximum absolute atomic E-state index is 14.8. The predicted molar refractivity (Wildman–Crippen MR) is 247 cm³/mol. The lowest BCUT2D eigenvalue weighted by atomic mass is 9.76. The van der Waals surface area contributed by atoms with E-state index in [-0.39, 0.29) is 36.9 Å². The number of aromatic hydroxyl groups is 3. The van der Waals surface area contributed by atoms with Gasteiger partial charge in [-0.1, -0.05) is 125 Å². The Kier molecular flexibility index (Phi) is 13.2. The Morgan fingerprint density at radius 2 is 0.550 bits per heavy atom. The summed E-state index contributed by atoms with van der Waals surface area (Å²) in [7, 11) is 0. The average molecular weight is 826 g/mol. The highest BCUT2D eigenvalue weighted by Gasteiger charge is 2.32. The van der Waals surface area contributed by atoms with Crippen LogP contribution in [0.2, 0.25) is 0 Å². The normalized spacial score (nSPS) is 13.3. The molecule has 330 valence electrons. The van der Waals surface area contributed by atoms with E-state index < -0.39 is 49.6 Å². The topological polar surface area (TPSA) is 127 Å². The molecular formula is C51H75N3O6. The molecule has 0 amide bonds. The second-order valence-corrected chi connectivity index (χ2v) is 22.2. The van der Waals surface area contributed by atoms with Crippen molar-refractivity contribution in [3.63, 3.8) is 0 Å². The molecule has 3 N–H and O–H groups in total. The third-order valence-electron chi connectivity index (χ3n) is 13.2. The molecule has 0 spiro atoms. The Bertz CT molecular complexity index is 2140. The van der Waals surface area contributed by atoms with E-state index >= 15 is 0 Å². The molecule has 1 heterocycles. The van der Waals surface area contributed by atoms with Crippen molar-refractivity contribution in [2.45, 2.75) is 196 Å². The first kappa shape index (κ1) is 48.1. The van der Waals surface area contributed by atoms with Crippen molar-refractivity contribution in [2.24, 2.45) is 0 Å². The predicted octanol–water partition coefficient (Wildman–Crippen LogP) is 10.4. The Labute approximate surface area is 359 Å². The zero-order valence-corrected chi connectivity index (χ0v) is 40.1. The average Bonchev–Trinajstić information content (AvgIpc) is 3.13. The zero-order chi connectivity index (χ0) is 45.9. The van der Waals surface area contributed by atoms with E-state index in [2.05, 4.69) is 62.3 Å². The monoisotopic (exact) mass is 826 g/mol. The minimum absolute atomic E-state index is 0.137. The molecule has 0 unspecified atom stereocenters. The van der Waals surface area contributed by atoms with Crippen molar-refractivity contribution in [3.8, 4) is 17.2 Å². The molecule has 0 atom stereocenters. The van der Waals surface area contributed by atoms with E-state index in [4.69, 9.17) is 0 Å². The number of phenolic OH excluding ortho intramolecular Hbond substituents is 3. The van der Waals surface area contributed by atoms with Crippen LogP contribution in [0.1, 0.15) is 194 Å². The Morgan fingerprint density at radius 3 is 0.717 bits per heavy atom. The van der Waals surface area contributed by atoms with Crippen molar-refractivity contribution < 1.29 is 15.3 Å². The lowest BCUT2D eigenvalue weighted by Gasteiger charge is -2.30. The third kappa shape index (κ3) is 9.50. The summed E-state index contributed by atoms with van der Waals surface area (Å²) < 4.78 is 3.40. The van der Waals surface area contributed by atoms with Crippen LogP contribution in [-0.4, -0.2) is 29.0 Å². The zero-order valence-electron chi connectivity index (χ0n) is 40.1. The molecule has 60 heavy (non-hydrogen) atoms. The molecule has 0 saturated heterocycles. The highest BCUT2D eigenvalue weighted by atomic mass is 16.3. The number of hydrogen-bond donors (Lipinski definition) is 3. The Balaban J connectivity index is 2.14. The van der Waals surface area contributed by atoms with Crippen molar-refractivity contribution in [1.29, 1.82) is 0 Å². The van der Waals surface area contributed by atoms with E-state index in [0.717, 1.165) is 49.7 Å². The van der Waals surface area contributed by atoms with Crippen molar-refractivity contribution in [2.75, 3.05) is 0 Å². The van der Waals surface area contributed by atoms with Gasteiger partial charge in [0, 0.05) is 16.7 Å². The largest absolute Gasteiger partial charge is 0.507 e. The van der Waals surface area contributed by atoms with Crippen LogP contribution in [0.3, 0.4) is 0 Å². The van der Waals surface area contributed by atoms with Crippen LogP contribution in [0.4, 0.5) is 0 Å². The number of nitrogens with zero attached hydrogens (tertiary/aromatic N) is 3. The fourth-order valence-corrected chi connectivity index (χ4v) is 7.83. The van der Waals surface area contributed by atoms with Crippen LogP contribution in [0.15, 0.2) is 50.8 Å². The molecule has 1 aromatic heterocycles. The van der Waals surface area contributed by atoms with Gasteiger partial charge < -0.3 is 15.3 Å². The number of aromatic nitrogens is 3. The van der Waals surface area contributed by atoms with Crippen LogP contribution in [0, 0.1) is 0 Å². The summed E-state index contributed by atoms with van der Waals surface area (Å²) in [4.78, 5) is 44.5. The van der Waals surface area contributed by atoms with E-state index in [1.807, 2.05) is 98.7 Å². The number of phenols is 3. The van der Waals surface area contributed by atoms with Crippen LogP contribution in [-0.2, 0) is 52.1 Å². The molecule has 0 aliphatic carbocycles. The summed E-state index contributed by atoms with van der Waals surface area (Å²) in [5.74, 6) is 0.607. The summed E-state index contributed by atoms with van der Waals surface area (Å²) in [6.45, 7) is 36.3. The highest BCUT2D eigenvalue weighted by molar-refractivity contribution is 5.52. The summed E-state index contributed by atoms with van der Waals surface area (Å²) in [5.41, 5.74) is 1.40. The first-order chi connectivity index (χ1) is 27.2. The molecule has 0 saturated carbocycles. The molecule has 4 rings (SSSR count). The molecule has 0 aliphatic rings. The smallest absolute Gasteiger partial charge is 0.336 e. The molecular weight excluding hydrogens is 751 g/mol. The fraction of sp³-hybridized carbons (Fsp3) is 0.588. The van der Waals surface area contributed by atoms with Gasteiger partial charge in [-0.25, -0.2) is 28.1 Å². The number of rotatable bonds is 12. The second kappa shape index (κ2) is 16.4. The molecule has 4 aromatic rings. The second-order valence-electron chi connectivity index (χ2n) is 22.2. The van der Waals surface area contributed by atoms with Gasteiger partial charge in [-0.05, 0) is 122 Å². The van der Waals surface area contributed by atoms with Crippen LogP contribution in [0.25, 0.3) is 0 Å². The molecule has 0 bridgehead atoms. The maximum Gasteiger partial charge on any atom is 0.336 e. The third-order valence-corrected chi connectivity index (χ3v) is 13.2. The van der Waals surface area contributed by atoms with Gasteiger partial charge in [-0.15, -0.1) is 0 Å². The van der Waals surface area contributed by atoms with E-state index in [1.165, 1.54) is 0 Å². The number of benzene rings is 3. The van der Waals surface area contributed by atoms with Gasteiger partial charge in [0.2, 0.25) is 0 Å². The lowest BCUT2D eigenvalue weighted by molar-refractivity contribution is 0.409. The van der Waals surface area contributed by atoms with Crippen LogP contribution >= 0.6 is 0 Å². The van der Waals surface area contributed by atoms with Gasteiger partial charge in [0.15, 0.2) is 0 Å². The van der Waals surface area contributed by atoms with Crippen molar-refractivity contribution in [3.05, 3.63) is 118 Å². The van der Waals surface area contributed by atoms with Gasteiger partial charge in [0.05, 0.1) is 19.6 Å². The van der Waals surface area contributed by atoms with E-state index in [1.54, 1.807) is 0 Å². The lowest BCUT2D eigenvalue weighted by Crippen LogP contribution is -2.55. The van der Waals surface area contributed by atoms with E-state index in [9.17, 15) is 29.7 Å². The van der Waals surface area contributed by atoms with Gasteiger partial charge in [0.1, 0.15) is 17.2 Å². The van der Waals surface area contributed by atoms with Gasteiger partial charge >= 0.3 is 17.1 Å². The summed E-state index contributed by atoms with van der Waals surface area (Å²) in [5, 5.41) is 34.9. The quantitative estimate of drug-likeness (QED) is 0.131. The molecule has 9 nitrogen and oxygen atoms in total. The minimum atomic E-state index is -0.751.